The molecule has 2 rings (SSSR count). The molecule has 1 N–H and O–H groups in total. The summed E-state index contributed by atoms with van der Waals surface area (Å²) in [6.45, 7) is 8.19. The number of ether oxygens (including phenoxy) is 1. The number of benzene rings is 1. The van der Waals surface area contributed by atoms with Crippen LogP contribution >= 0.6 is 11.8 Å². The molecule has 0 spiro atoms. The predicted octanol–water partition coefficient (Wildman–Crippen LogP) is 2.21. The largest absolute Gasteiger partial charge is 0.465 e. The fraction of sp³-hybridized carbons (Fsp3) is 0.333. The lowest BCUT2D eigenvalue weighted by atomic mass is 10.1. The predicted molar refractivity (Wildman–Crippen MR) is 101 cm³/mol. The third-order valence-electron chi connectivity index (χ3n) is 3.37. The normalized spacial score (nSPS) is 10.4. The molecule has 0 atom stereocenters. The molecule has 0 bridgehead atoms. The van der Waals surface area contributed by atoms with Crippen LogP contribution in [0.25, 0.3) is 11.4 Å². The Balaban J connectivity index is 2.04. The topological polar surface area (TPSA) is 86.1 Å². The van der Waals surface area contributed by atoms with Crippen molar-refractivity contribution in [3.63, 3.8) is 0 Å². The number of hydrogen-bond acceptors (Lipinski definition) is 6. The standard InChI is InChI=1S/C18H22N4O3S/c1-4-9-22-17(14-8-6-7-13(3)10-14)20-21-18(22)26-12-15(23)19-11-16(24)25-5-2/h4,6-8,10H,1,5,9,11-12H2,2-3H3,(H,19,23). The highest BCUT2D eigenvalue weighted by Gasteiger charge is 2.15. The molecule has 1 aromatic carbocycles. The Labute approximate surface area is 156 Å². The minimum Gasteiger partial charge on any atom is -0.465 e. The molecule has 0 unspecified atom stereocenters. The van der Waals surface area contributed by atoms with E-state index in [0.29, 0.717) is 11.7 Å². The molecule has 0 saturated carbocycles. The molecular formula is C18H22N4O3S. The van der Waals surface area contributed by atoms with Crippen molar-refractivity contribution in [1.29, 1.82) is 0 Å². The molecule has 1 amide bonds. The molecular weight excluding hydrogens is 352 g/mol. The Hall–Kier alpha value is -2.61. The highest BCUT2D eigenvalue weighted by Crippen LogP contribution is 2.24. The van der Waals surface area contributed by atoms with E-state index in [1.807, 2.05) is 35.8 Å². The second-order valence-electron chi connectivity index (χ2n) is 5.45. The molecule has 0 fully saturated rings. The molecule has 0 aliphatic rings. The first-order chi connectivity index (χ1) is 12.5. The number of thioether (sulfide) groups is 1. The lowest BCUT2D eigenvalue weighted by Gasteiger charge is -2.08. The molecule has 26 heavy (non-hydrogen) atoms. The molecule has 2 aromatic rings. The summed E-state index contributed by atoms with van der Waals surface area (Å²) in [6.07, 6.45) is 1.76. The summed E-state index contributed by atoms with van der Waals surface area (Å²) in [6, 6.07) is 7.98. The summed E-state index contributed by atoms with van der Waals surface area (Å²) in [7, 11) is 0. The Morgan fingerprint density at radius 2 is 2.19 bits per heavy atom. The second-order valence-corrected chi connectivity index (χ2v) is 6.39. The van der Waals surface area contributed by atoms with Crippen LogP contribution in [0.4, 0.5) is 0 Å². The van der Waals surface area contributed by atoms with Gasteiger partial charge in [-0.2, -0.15) is 0 Å². The monoisotopic (exact) mass is 374 g/mol. The van der Waals surface area contributed by atoms with Gasteiger partial charge in [0.05, 0.1) is 12.4 Å². The van der Waals surface area contributed by atoms with Crippen molar-refractivity contribution in [2.75, 3.05) is 18.9 Å². The number of carbonyl (C=O) groups is 2. The number of allylic oxidation sites excluding steroid dienone is 1. The van der Waals surface area contributed by atoms with Crippen molar-refractivity contribution >= 4 is 23.6 Å². The molecule has 1 heterocycles. The number of hydrogen-bond donors (Lipinski definition) is 1. The van der Waals surface area contributed by atoms with Crippen molar-refractivity contribution in [2.45, 2.75) is 25.5 Å². The van der Waals surface area contributed by atoms with E-state index in [0.717, 1.165) is 17.0 Å². The van der Waals surface area contributed by atoms with Crippen LogP contribution < -0.4 is 5.32 Å². The van der Waals surface area contributed by atoms with E-state index in [9.17, 15) is 9.59 Å². The van der Waals surface area contributed by atoms with Crippen LogP contribution in [-0.2, 0) is 20.9 Å². The van der Waals surface area contributed by atoms with Gasteiger partial charge in [-0.3, -0.25) is 14.2 Å². The van der Waals surface area contributed by atoms with Gasteiger partial charge in [0.25, 0.3) is 0 Å². The van der Waals surface area contributed by atoms with E-state index >= 15 is 0 Å². The van der Waals surface area contributed by atoms with Gasteiger partial charge in [0.2, 0.25) is 5.91 Å². The van der Waals surface area contributed by atoms with Crippen LogP contribution in [0.1, 0.15) is 12.5 Å². The van der Waals surface area contributed by atoms with E-state index in [2.05, 4.69) is 22.1 Å². The number of nitrogens with one attached hydrogen (secondary N) is 1. The minimum atomic E-state index is -0.456. The first-order valence-corrected chi connectivity index (χ1v) is 9.20. The molecule has 138 valence electrons. The van der Waals surface area contributed by atoms with Crippen molar-refractivity contribution in [3.05, 3.63) is 42.5 Å². The Morgan fingerprint density at radius 3 is 2.88 bits per heavy atom. The Kier molecular flexibility index (Phi) is 7.40. The van der Waals surface area contributed by atoms with Gasteiger partial charge in [-0.15, -0.1) is 16.8 Å². The molecule has 0 aliphatic carbocycles. The second kappa shape index (κ2) is 9.76. The number of nitrogens with zero attached hydrogens (tertiary/aromatic N) is 3. The first-order valence-electron chi connectivity index (χ1n) is 8.21. The van der Waals surface area contributed by atoms with Gasteiger partial charge >= 0.3 is 5.97 Å². The van der Waals surface area contributed by atoms with Crippen molar-refractivity contribution in [1.82, 2.24) is 20.1 Å². The molecule has 0 radical (unpaired) electrons. The number of carbonyl (C=O) groups excluding carboxylic acids is 2. The highest BCUT2D eigenvalue weighted by atomic mass is 32.2. The molecule has 7 nitrogen and oxygen atoms in total. The fourth-order valence-electron chi connectivity index (χ4n) is 2.25. The average Bonchev–Trinajstić information content (AvgIpc) is 3.01. The minimum absolute atomic E-state index is 0.127. The summed E-state index contributed by atoms with van der Waals surface area (Å²) in [5, 5.41) is 11.6. The summed E-state index contributed by atoms with van der Waals surface area (Å²) >= 11 is 1.26. The molecule has 0 saturated heterocycles. The zero-order chi connectivity index (χ0) is 18.9. The lowest BCUT2D eigenvalue weighted by Crippen LogP contribution is -2.31. The van der Waals surface area contributed by atoms with Crippen molar-refractivity contribution in [3.8, 4) is 11.4 Å². The zero-order valence-electron chi connectivity index (χ0n) is 14.9. The SMILES string of the molecule is C=CCn1c(SCC(=O)NCC(=O)OCC)nnc1-c1cccc(C)c1. The summed E-state index contributed by atoms with van der Waals surface area (Å²) < 4.78 is 6.68. The Morgan fingerprint density at radius 1 is 1.38 bits per heavy atom. The van der Waals surface area contributed by atoms with Gasteiger partial charge in [-0.05, 0) is 19.9 Å². The van der Waals surface area contributed by atoms with Crippen molar-refractivity contribution < 1.29 is 14.3 Å². The molecule has 0 aliphatic heterocycles. The van der Waals surface area contributed by atoms with Crippen molar-refractivity contribution in [2.24, 2.45) is 0 Å². The fourth-order valence-corrected chi connectivity index (χ4v) is 3.03. The van der Waals surface area contributed by atoms with E-state index < -0.39 is 5.97 Å². The van der Waals surface area contributed by atoms with E-state index in [-0.39, 0.29) is 24.8 Å². The number of rotatable bonds is 9. The number of esters is 1. The quantitative estimate of drug-likeness (QED) is 0.411. The van der Waals surface area contributed by atoms with Crippen LogP contribution in [-0.4, -0.2) is 45.5 Å². The number of aromatic nitrogens is 3. The maximum atomic E-state index is 11.9. The van der Waals surface area contributed by atoms with Crippen LogP contribution in [0, 0.1) is 6.92 Å². The van der Waals surface area contributed by atoms with Crippen LogP contribution in [0.15, 0.2) is 42.1 Å². The maximum absolute atomic E-state index is 11.9. The molecule has 8 heteroatoms. The van der Waals surface area contributed by atoms with Gasteiger partial charge in [0.15, 0.2) is 11.0 Å². The first kappa shape index (κ1) is 19.7. The smallest absolute Gasteiger partial charge is 0.325 e. The van der Waals surface area contributed by atoms with E-state index in [1.54, 1.807) is 13.0 Å². The van der Waals surface area contributed by atoms with Crippen LogP contribution in [0.2, 0.25) is 0 Å². The van der Waals surface area contributed by atoms with Gasteiger partial charge < -0.3 is 10.1 Å². The van der Waals surface area contributed by atoms with Gasteiger partial charge in [-0.25, -0.2) is 0 Å². The average molecular weight is 374 g/mol. The summed E-state index contributed by atoms with van der Waals surface area (Å²) in [4.78, 5) is 23.2. The zero-order valence-corrected chi connectivity index (χ0v) is 15.7. The third kappa shape index (κ3) is 5.45. The third-order valence-corrected chi connectivity index (χ3v) is 4.34. The number of amides is 1. The highest BCUT2D eigenvalue weighted by molar-refractivity contribution is 7.99. The number of aryl methyl sites for hydroxylation is 1. The summed E-state index contributed by atoms with van der Waals surface area (Å²) in [5.41, 5.74) is 2.08. The van der Waals surface area contributed by atoms with E-state index in [4.69, 9.17) is 4.74 Å². The van der Waals surface area contributed by atoms with Crippen LogP contribution in [0.5, 0.6) is 0 Å². The summed E-state index contributed by atoms with van der Waals surface area (Å²) in [5.74, 6) is 0.126. The van der Waals surface area contributed by atoms with E-state index in [1.165, 1.54) is 11.8 Å². The van der Waals surface area contributed by atoms with Gasteiger partial charge in [0, 0.05) is 12.1 Å². The Bertz CT molecular complexity index is 788. The molecule has 1 aromatic heterocycles. The van der Waals surface area contributed by atoms with Gasteiger partial charge in [0.1, 0.15) is 6.54 Å². The maximum Gasteiger partial charge on any atom is 0.325 e. The van der Waals surface area contributed by atoms with Crippen LogP contribution in [0.3, 0.4) is 0 Å². The van der Waals surface area contributed by atoms with Gasteiger partial charge in [-0.1, -0.05) is 41.6 Å². The lowest BCUT2D eigenvalue weighted by molar-refractivity contribution is -0.143.